The van der Waals surface area contributed by atoms with Gasteiger partial charge in [-0.05, 0) is 31.2 Å². The van der Waals surface area contributed by atoms with Crippen molar-refractivity contribution in [3.05, 3.63) is 69.8 Å². The number of non-ortho nitro benzene ring substituents is 1. The van der Waals surface area contributed by atoms with Crippen molar-refractivity contribution in [1.29, 1.82) is 0 Å². The number of amides is 2. The number of nitro groups is 1. The predicted octanol–water partition coefficient (Wildman–Crippen LogP) is 2.09. The summed E-state index contributed by atoms with van der Waals surface area (Å²) in [6.07, 6.45) is -1.12. The molecule has 0 aromatic heterocycles. The van der Waals surface area contributed by atoms with Crippen molar-refractivity contribution in [3.8, 4) is 0 Å². The first-order valence-electron chi connectivity index (χ1n) is 8.36. The van der Waals surface area contributed by atoms with Gasteiger partial charge in [-0.1, -0.05) is 17.3 Å². The summed E-state index contributed by atoms with van der Waals surface area (Å²) in [7, 11) is 0. The highest BCUT2D eigenvalue weighted by Gasteiger charge is 2.56. The molecular weight excluding hydrogens is 366 g/mol. The Hall–Kier alpha value is -3.88. The van der Waals surface area contributed by atoms with E-state index in [0.29, 0.717) is 16.8 Å². The maximum atomic E-state index is 13.0. The maximum Gasteiger partial charge on any atom is 0.278 e. The summed E-state index contributed by atoms with van der Waals surface area (Å²) in [5.74, 6) is -2.23. The fourth-order valence-corrected chi connectivity index (χ4v) is 3.29. The first-order valence-corrected chi connectivity index (χ1v) is 8.36. The van der Waals surface area contributed by atoms with Crippen molar-refractivity contribution in [3.63, 3.8) is 0 Å². The van der Waals surface area contributed by atoms with Gasteiger partial charge in [0.05, 0.1) is 10.6 Å². The number of imide groups is 1. The zero-order valence-electron chi connectivity index (χ0n) is 14.6. The van der Waals surface area contributed by atoms with E-state index in [-0.39, 0.29) is 17.2 Å². The topological polar surface area (TPSA) is 119 Å². The molecule has 0 N–H and O–H groups in total. The van der Waals surface area contributed by atoms with Crippen LogP contribution in [0.1, 0.15) is 22.8 Å². The SMILES string of the molecule is CC(=O)c1ccc(N2C(=O)[C@@H]3C(c4cccc([N+](=O)[O-])c4)=NO[C@H]3C2=O)cc1. The number of nitrogens with zero attached hydrogens (tertiary/aromatic N) is 3. The lowest BCUT2D eigenvalue weighted by molar-refractivity contribution is -0.384. The standard InChI is InChI=1S/C19H13N3O6/c1-10(23)11-5-7-13(8-6-11)21-18(24)15-16(20-28-17(15)19(21)25)12-3-2-4-14(9-12)22(26)27/h2-9,15,17H,1H3/t15-,17-/m1/s1. The van der Waals surface area contributed by atoms with Gasteiger partial charge in [0.25, 0.3) is 11.6 Å². The van der Waals surface area contributed by atoms with Gasteiger partial charge >= 0.3 is 0 Å². The molecule has 2 aliphatic rings. The molecule has 2 aromatic rings. The highest BCUT2D eigenvalue weighted by Crippen LogP contribution is 2.35. The number of benzene rings is 2. The molecule has 0 radical (unpaired) electrons. The maximum absolute atomic E-state index is 13.0. The third-order valence-corrected chi connectivity index (χ3v) is 4.70. The van der Waals surface area contributed by atoms with Gasteiger partial charge in [0, 0.05) is 23.3 Å². The Labute approximate surface area is 158 Å². The Morgan fingerprint density at radius 1 is 1.14 bits per heavy atom. The van der Waals surface area contributed by atoms with E-state index in [2.05, 4.69) is 5.16 Å². The van der Waals surface area contributed by atoms with E-state index in [9.17, 15) is 24.5 Å². The van der Waals surface area contributed by atoms with Gasteiger partial charge in [-0.2, -0.15) is 0 Å². The second-order valence-corrected chi connectivity index (χ2v) is 6.40. The first kappa shape index (κ1) is 17.5. The molecule has 2 heterocycles. The average molecular weight is 379 g/mol. The zero-order chi connectivity index (χ0) is 20.0. The fourth-order valence-electron chi connectivity index (χ4n) is 3.29. The minimum atomic E-state index is -1.12. The van der Waals surface area contributed by atoms with E-state index >= 15 is 0 Å². The molecule has 9 heteroatoms. The number of nitro benzene ring substituents is 1. The van der Waals surface area contributed by atoms with Crippen LogP contribution < -0.4 is 4.90 Å². The lowest BCUT2D eigenvalue weighted by atomic mass is 9.94. The highest BCUT2D eigenvalue weighted by molar-refractivity contribution is 6.32. The first-order chi connectivity index (χ1) is 13.4. The molecule has 0 aliphatic carbocycles. The molecule has 2 aliphatic heterocycles. The van der Waals surface area contributed by atoms with Crippen LogP contribution in [0.5, 0.6) is 0 Å². The number of rotatable bonds is 4. The number of hydrogen-bond acceptors (Lipinski definition) is 7. The van der Waals surface area contributed by atoms with Gasteiger partial charge in [0.2, 0.25) is 12.0 Å². The van der Waals surface area contributed by atoms with Crippen molar-refractivity contribution in [2.45, 2.75) is 13.0 Å². The number of Topliss-reactive ketones (excluding diaryl/α,β-unsaturated/α-hetero) is 1. The number of oxime groups is 1. The van der Waals surface area contributed by atoms with Crippen molar-refractivity contribution in [2.75, 3.05) is 4.90 Å². The van der Waals surface area contributed by atoms with Crippen LogP contribution in [0.25, 0.3) is 0 Å². The van der Waals surface area contributed by atoms with E-state index in [1.165, 1.54) is 49.4 Å². The number of carbonyl (C=O) groups is 3. The normalized spacial score (nSPS) is 20.6. The molecule has 2 atom stereocenters. The average Bonchev–Trinajstić information content (AvgIpc) is 3.22. The Morgan fingerprint density at radius 2 is 1.86 bits per heavy atom. The molecule has 0 saturated carbocycles. The lowest BCUT2D eigenvalue weighted by Gasteiger charge is -2.15. The van der Waals surface area contributed by atoms with Gasteiger partial charge in [0.1, 0.15) is 11.6 Å². The number of fused-ring (bicyclic) bond motifs is 1. The minimum absolute atomic E-state index is 0.133. The number of carbonyl (C=O) groups excluding carboxylic acids is 3. The van der Waals surface area contributed by atoms with Crippen LogP contribution in [0.3, 0.4) is 0 Å². The molecule has 1 fully saturated rings. The summed E-state index contributed by atoms with van der Waals surface area (Å²) < 4.78 is 0. The number of hydrogen-bond donors (Lipinski definition) is 0. The molecule has 4 rings (SSSR count). The summed E-state index contributed by atoms with van der Waals surface area (Å²) in [6.45, 7) is 1.42. The lowest BCUT2D eigenvalue weighted by Crippen LogP contribution is -2.33. The Kier molecular flexibility index (Phi) is 3.99. The zero-order valence-corrected chi connectivity index (χ0v) is 14.6. The van der Waals surface area contributed by atoms with Crippen LogP contribution in [-0.4, -0.2) is 34.3 Å². The molecule has 28 heavy (non-hydrogen) atoms. The van der Waals surface area contributed by atoms with Gasteiger partial charge in [-0.15, -0.1) is 0 Å². The molecule has 2 amide bonds. The van der Waals surface area contributed by atoms with E-state index in [0.717, 1.165) is 4.90 Å². The van der Waals surface area contributed by atoms with Crippen LogP contribution in [0.2, 0.25) is 0 Å². The third kappa shape index (κ3) is 2.64. The van der Waals surface area contributed by atoms with Crippen molar-refractivity contribution in [2.24, 2.45) is 11.1 Å². The Morgan fingerprint density at radius 3 is 2.50 bits per heavy atom. The molecule has 0 bridgehead atoms. The van der Waals surface area contributed by atoms with E-state index in [1.807, 2.05) is 0 Å². The predicted molar refractivity (Wildman–Crippen MR) is 96.9 cm³/mol. The second kappa shape index (κ2) is 6.38. The summed E-state index contributed by atoms with van der Waals surface area (Å²) in [6, 6.07) is 11.7. The van der Waals surface area contributed by atoms with Crippen LogP contribution in [0.4, 0.5) is 11.4 Å². The van der Waals surface area contributed by atoms with Gasteiger partial charge in [-0.25, -0.2) is 4.90 Å². The fraction of sp³-hybridized carbons (Fsp3) is 0.158. The van der Waals surface area contributed by atoms with E-state index in [1.54, 1.807) is 6.07 Å². The van der Waals surface area contributed by atoms with Crippen LogP contribution in [0, 0.1) is 16.0 Å². The molecule has 0 unspecified atom stereocenters. The molecule has 0 spiro atoms. The monoisotopic (exact) mass is 379 g/mol. The molecule has 1 saturated heterocycles. The summed E-state index contributed by atoms with van der Waals surface area (Å²) in [4.78, 5) is 53.7. The summed E-state index contributed by atoms with van der Waals surface area (Å²) in [5.41, 5.74) is 1.14. The van der Waals surface area contributed by atoms with Gasteiger partial charge in [-0.3, -0.25) is 24.5 Å². The Bertz CT molecular complexity index is 1060. The van der Waals surface area contributed by atoms with Gasteiger partial charge < -0.3 is 4.84 Å². The van der Waals surface area contributed by atoms with Crippen LogP contribution in [0.15, 0.2) is 53.7 Å². The van der Waals surface area contributed by atoms with Crippen LogP contribution in [-0.2, 0) is 14.4 Å². The summed E-state index contributed by atoms with van der Waals surface area (Å²) in [5, 5.41) is 14.8. The molecule has 140 valence electrons. The van der Waals surface area contributed by atoms with Crippen molar-refractivity contribution in [1.82, 2.24) is 0 Å². The van der Waals surface area contributed by atoms with Crippen molar-refractivity contribution < 1.29 is 24.1 Å². The molecular formula is C19H13N3O6. The number of ketones is 1. The third-order valence-electron chi connectivity index (χ3n) is 4.70. The van der Waals surface area contributed by atoms with Crippen LogP contribution >= 0.6 is 0 Å². The number of anilines is 1. The molecule has 2 aromatic carbocycles. The van der Waals surface area contributed by atoms with E-state index in [4.69, 9.17) is 4.84 Å². The van der Waals surface area contributed by atoms with Gasteiger partial charge in [0.15, 0.2) is 5.78 Å². The Balaban J connectivity index is 1.67. The largest absolute Gasteiger partial charge is 0.381 e. The second-order valence-electron chi connectivity index (χ2n) is 6.40. The summed E-state index contributed by atoms with van der Waals surface area (Å²) >= 11 is 0. The van der Waals surface area contributed by atoms with Crippen molar-refractivity contribution >= 4 is 34.7 Å². The highest BCUT2D eigenvalue weighted by atomic mass is 16.7. The smallest absolute Gasteiger partial charge is 0.278 e. The van der Waals surface area contributed by atoms with E-state index < -0.39 is 28.8 Å². The molecule has 9 nitrogen and oxygen atoms in total. The minimum Gasteiger partial charge on any atom is -0.381 e. The quantitative estimate of drug-likeness (QED) is 0.347.